The summed E-state index contributed by atoms with van der Waals surface area (Å²) in [5.74, 6) is -3.20. The van der Waals surface area contributed by atoms with Crippen molar-refractivity contribution in [3.8, 4) is 11.3 Å². The number of hydrogen-bond acceptors (Lipinski definition) is 3. The lowest BCUT2D eigenvalue weighted by Crippen LogP contribution is -1.94. The van der Waals surface area contributed by atoms with Crippen LogP contribution in [0.1, 0.15) is 18.4 Å². The van der Waals surface area contributed by atoms with Crippen molar-refractivity contribution < 1.29 is 13.2 Å². The van der Waals surface area contributed by atoms with E-state index in [1.807, 2.05) is 6.92 Å². The van der Waals surface area contributed by atoms with Crippen LogP contribution in [0.2, 0.25) is 0 Å². The van der Waals surface area contributed by atoms with E-state index in [1.165, 1.54) is 11.3 Å². The van der Waals surface area contributed by atoms with Crippen LogP contribution >= 0.6 is 11.3 Å². The molecular formula is C12H11F3N2S. The van der Waals surface area contributed by atoms with Gasteiger partial charge in [-0.25, -0.2) is 18.2 Å². The van der Waals surface area contributed by atoms with Crippen molar-refractivity contribution >= 4 is 16.3 Å². The Hall–Kier alpha value is -1.56. The lowest BCUT2D eigenvalue weighted by atomic mass is 10.1. The number of nitrogen functional groups attached to an aromatic ring is 1. The second-order valence-corrected chi connectivity index (χ2v) is 4.93. The molecule has 2 N–H and O–H groups in total. The highest BCUT2D eigenvalue weighted by Gasteiger charge is 2.17. The first-order valence-corrected chi connectivity index (χ1v) is 6.24. The predicted molar refractivity (Wildman–Crippen MR) is 65.8 cm³/mol. The molecule has 18 heavy (non-hydrogen) atoms. The van der Waals surface area contributed by atoms with Gasteiger partial charge in [-0.05, 0) is 18.9 Å². The van der Waals surface area contributed by atoms with Crippen molar-refractivity contribution in [2.45, 2.75) is 19.8 Å². The fourth-order valence-corrected chi connectivity index (χ4v) is 2.54. The van der Waals surface area contributed by atoms with Gasteiger partial charge in [0.15, 0.2) is 11.6 Å². The summed E-state index contributed by atoms with van der Waals surface area (Å²) in [6, 6.07) is 1.29. The number of benzene rings is 1. The number of rotatable bonds is 3. The minimum atomic E-state index is -1.22. The van der Waals surface area contributed by atoms with Gasteiger partial charge < -0.3 is 5.73 Å². The van der Waals surface area contributed by atoms with Crippen LogP contribution in [0.3, 0.4) is 0 Å². The van der Waals surface area contributed by atoms with E-state index in [9.17, 15) is 13.2 Å². The lowest BCUT2D eigenvalue weighted by molar-refractivity contribution is 0.496. The zero-order chi connectivity index (χ0) is 13.3. The van der Waals surface area contributed by atoms with Crippen molar-refractivity contribution in [1.29, 1.82) is 0 Å². The molecule has 1 heterocycles. The Morgan fingerprint density at radius 3 is 2.50 bits per heavy atom. The molecule has 6 heteroatoms. The Bertz CT molecular complexity index is 581. The van der Waals surface area contributed by atoms with Gasteiger partial charge >= 0.3 is 0 Å². The summed E-state index contributed by atoms with van der Waals surface area (Å²) in [4.78, 5) is 4.17. The summed E-state index contributed by atoms with van der Waals surface area (Å²) in [6.07, 6.45) is 1.60. The number of nitrogens with two attached hydrogens (primary N) is 1. The van der Waals surface area contributed by atoms with Crippen LogP contribution in [0.15, 0.2) is 12.1 Å². The lowest BCUT2D eigenvalue weighted by Gasteiger charge is -2.02. The quantitative estimate of drug-likeness (QED) is 0.864. The average Bonchev–Trinajstić information content (AvgIpc) is 2.65. The van der Waals surface area contributed by atoms with Crippen LogP contribution in [0, 0.1) is 17.5 Å². The number of aryl methyl sites for hydroxylation is 1. The molecule has 0 unspecified atom stereocenters. The van der Waals surface area contributed by atoms with Gasteiger partial charge in [-0.15, -0.1) is 11.3 Å². The standard InChI is InChI=1S/C12H11F3N2S/c1-2-3-10-17-11(12(16)18-10)6-4-8(14)9(15)5-7(6)13/h4-5H,2-3,16H2,1H3. The minimum absolute atomic E-state index is 0.106. The van der Waals surface area contributed by atoms with Crippen LogP contribution in [0.25, 0.3) is 11.3 Å². The molecule has 0 bridgehead atoms. The molecule has 0 radical (unpaired) electrons. The number of thiazole rings is 1. The third-order valence-corrected chi connectivity index (χ3v) is 3.37. The van der Waals surface area contributed by atoms with E-state index in [0.29, 0.717) is 11.1 Å². The van der Waals surface area contributed by atoms with Crippen LogP contribution < -0.4 is 5.73 Å². The molecule has 1 aromatic carbocycles. The maximum Gasteiger partial charge on any atom is 0.161 e. The molecule has 0 fully saturated rings. The van der Waals surface area contributed by atoms with E-state index in [0.717, 1.165) is 23.9 Å². The third-order valence-electron chi connectivity index (χ3n) is 2.43. The molecule has 0 aliphatic heterocycles. The van der Waals surface area contributed by atoms with E-state index in [2.05, 4.69) is 4.98 Å². The smallest absolute Gasteiger partial charge is 0.161 e. The molecule has 2 aromatic rings. The molecule has 1 aromatic heterocycles. The van der Waals surface area contributed by atoms with Gasteiger partial charge in [0.25, 0.3) is 0 Å². The van der Waals surface area contributed by atoms with E-state index >= 15 is 0 Å². The minimum Gasteiger partial charge on any atom is -0.389 e. The highest BCUT2D eigenvalue weighted by Crippen LogP contribution is 2.33. The molecule has 2 nitrogen and oxygen atoms in total. The Morgan fingerprint density at radius 1 is 1.17 bits per heavy atom. The monoisotopic (exact) mass is 272 g/mol. The van der Waals surface area contributed by atoms with Gasteiger partial charge in [-0.3, -0.25) is 0 Å². The van der Waals surface area contributed by atoms with Crippen molar-refractivity contribution in [2.24, 2.45) is 0 Å². The van der Waals surface area contributed by atoms with Gasteiger partial charge in [0, 0.05) is 11.6 Å². The van der Waals surface area contributed by atoms with Crippen LogP contribution in [-0.2, 0) is 6.42 Å². The molecule has 0 aliphatic carbocycles. The summed E-state index contributed by atoms with van der Waals surface area (Å²) < 4.78 is 39.6. The molecule has 0 spiro atoms. The highest BCUT2D eigenvalue weighted by atomic mass is 32.1. The van der Waals surface area contributed by atoms with Crippen molar-refractivity contribution in [1.82, 2.24) is 4.98 Å². The summed E-state index contributed by atoms with van der Waals surface area (Å²) in [7, 11) is 0. The van der Waals surface area contributed by atoms with E-state index in [1.54, 1.807) is 0 Å². The molecule has 0 amide bonds. The SMILES string of the molecule is CCCc1nc(-c2cc(F)c(F)cc2F)c(N)s1. The number of nitrogens with zero attached hydrogens (tertiary/aromatic N) is 1. The Morgan fingerprint density at radius 2 is 1.83 bits per heavy atom. The van der Waals surface area contributed by atoms with Crippen molar-refractivity contribution in [3.63, 3.8) is 0 Å². The van der Waals surface area contributed by atoms with Gasteiger partial charge in [0.05, 0.1) is 5.01 Å². The predicted octanol–water partition coefficient (Wildman–Crippen LogP) is 3.76. The van der Waals surface area contributed by atoms with E-state index < -0.39 is 17.5 Å². The van der Waals surface area contributed by atoms with Gasteiger partial charge in [0.2, 0.25) is 0 Å². The topological polar surface area (TPSA) is 38.9 Å². The van der Waals surface area contributed by atoms with Crippen LogP contribution in [0.5, 0.6) is 0 Å². The largest absolute Gasteiger partial charge is 0.389 e. The third kappa shape index (κ3) is 2.33. The highest BCUT2D eigenvalue weighted by molar-refractivity contribution is 7.16. The maximum atomic E-state index is 13.6. The summed E-state index contributed by atoms with van der Waals surface area (Å²) >= 11 is 1.24. The van der Waals surface area contributed by atoms with Gasteiger partial charge in [0.1, 0.15) is 16.5 Å². The second kappa shape index (κ2) is 4.97. The Kier molecular flexibility index (Phi) is 3.56. The number of aromatic nitrogens is 1. The zero-order valence-electron chi connectivity index (χ0n) is 9.64. The summed E-state index contributed by atoms with van der Waals surface area (Å²) in [5, 5.41) is 1.07. The van der Waals surface area contributed by atoms with Gasteiger partial charge in [-0.1, -0.05) is 6.92 Å². The van der Waals surface area contributed by atoms with Crippen molar-refractivity contribution in [3.05, 3.63) is 34.6 Å². The molecule has 0 saturated heterocycles. The van der Waals surface area contributed by atoms with Crippen LogP contribution in [-0.4, -0.2) is 4.98 Å². The first-order chi connectivity index (χ1) is 8.52. The normalized spacial score (nSPS) is 10.9. The molecule has 2 rings (SSSR count). The second-order valence-electron chi connectivity index (χ2n) is 3.82. The molecule has 0 aliphatic rings. The number of halogens is 3. The summed E-state index contributed by atoms with van der Waals surface area (Å²) in [5.41, 5.74) is 5.81. The van der Waals surface area contributed by atoms with Crippen molar-refractivity contribution in [2.75, 3.05) is 5.73 Å². The van der Waals surface area contributed by atoms with Gasteiger partial charge in [-0.2, -0.15) is 0 Å². The Labute approximate surface area is 106 Å². The van der Waals surface area contributed by atoms with Crippen LogP contribution in [0.4, 0.5) is 18.2 Å². The number of hydrogen-bond donors (Lipinski definition) is 1. The molecule has 0 atom stereocenters. The molecule has 96 valence electrons. The fourth-order valence-electron chi connectivity index (χ4n) is 1.60. The van der Waals surface area contributed by atoms with E-state index in [4.69, 9.17) is 5.73 Å². The first-order valence-electron chi connectivity index (χ1n) is 5.43. The average molecular weight is 272 g/mol. The number of anilines is 1. The summed E-state index contributed by atoms with van der Waals surface area (Å²) in [6.45, 7) is 1.98. The first kappa shape index (κ1) is 12.9. The molecular weight excluding hydrogens is 261 g/mol. The zero-order valence-corrected chi connectivity index (χ0v) is 10.5. The van der Waals surface area contributed by atoms with E-state index in [-0.39, 0.29) is 11.3 Å². The maximum absolute atomic E-state index is 13.6. The Balaban J connectivity index is 2.51. The molecule has 0 saturated carbocycles. The fraction of sp³-hybridized carbons (Fsp3) is 0.250.